The number of nitrogens with zero attached hydrogens (tertiary/aromatic N) is 3. The molecule has 0 spiro atoms. The minimum atomic E-state index is -0.515. The SMILES string of the molecule is CO/N=C(/Cc1cccc(-c2nccc(C)n2)c1)C(=O)OC. The van der Waals surface area contributed by atoms with Crippen molar-refractivity contribution in [2.24, 2.45) is 5.16 Å². The number of ether oxygens (including phenoxy) is 1. The molecule has 0 aliphatic heterocycles. The zero-order valence-electron chi connectivity index (χ0n) is 12.7. The van der Waals surface area contributed by atoms with Crippen molar-refractivity contribution in [3.63, 3.8) is 0 Å². The van der Waals surface area contributed by atoms with E-state index in [1.807, 2.05) is 37.3 Å². The summed E-state index contributed by atoms with van der Waals surface area (Å²) in [6.45, 7) is 1.91. The third-order valence-electron chi connectivity index (χ3n) is 2.97. The second-order valence-corrected chi connectivity index (χ2v) is 4.61. The van der Waals surface area contributed by atoms with Gasteiger partial charge in [-0.1, -0.05) is 23.4 Å². The molecule has 1 heterocycles. The number of hydrogen-bond acceptors (Lipinski definition) is 6. The first-order valence-electron chi connectivity index (χ1n) is 6.71. The summed E-state index contributed by atoms with van der Waals surface area (Å²) in [6, 6.07) is 9.46. The minimum Gasteiger partial charge on any atom is -0.464 e. The Labute approximate surface area is 128 Å². The average molecular weight is 299 g/mol. The minimum absolute atomic E-state index is 0.201. The lowest BCUT2D eigenvalue weighted by molar-refractivity contribution is -0.133. The molecule has 0 unspecified atom stereocenters. The Balaban J connectivity index is 2.28. The number of aromatic nitrogens is 2. The summed E-state index contributed by atoms with van der Waals surface area (Å²) < 4.78 is 4.69. The maximum Gasteiger partial charge on any atom is 0.356 e. The number of oxime groups is 1. The first-order valence-corrected chi connectivity index (χ1v) is 6.71. The molecule has 0 saturated heterocycles. The zero-order valence-corrected chi connectivity index (χ0v) is 12.7. The molecule has 0 aliphatic rings. The lowest BCUT2D eigenvalue weighted by atomic mass is 10.0. The van der Waals surface area contributed by atoms with E-state index in [0.29, 0.717) is 12.2 Å². The summed E-state index contributed by atoms with van der Waals surface area (Å²) >= 11 is 0. The summed E-state index contributed by atoms with van der Waals surface area (Å²) in [5.74, 6) is 0.129. The van der Waals surface area contributed by atoms with Crippen LogP contribution < -0.4 is 0 Å². The number of carbonyl (C=O) groups is 1. The van der Waals surface area contributed by atoms with E-state index in [1.165, 1.54) is 14.2 Å². The molecule has 6 nitrogen and oxygen atoms in total. The van der Waals surface area contributed by atoms with Gasteiger partial charge in [0.1, 0.15) is 7.11 Å². The maximum absolute atomic E-state index is 11.6. The van der Waals surface area contributed by atoms with Gasteiger partial charge in [-0.25, -0.2) is 14.8 Å². The number of hydrogen-bond donors (Lipinski definition) is 0. The number of methoxy groups -OCH3 is 1. The van der Waals surface area contributed by atoms with Crippen molar-refractivity contribution in [1.29, 1.82) is 0 Å². The van der Waals surface area contributed by atoms with Crippen LogP contribution in [0, 0.1) is 6.92 Å². The molecule has 22 heavy (non-hydrogen) atoms. The van der Waals surface area contributed by atoms with Crippen LogP contribution in [-0.4, -0.2) is 35.9 Å². The largest absolute Gasteiger partial charge is 0.464 e. The Hall–Kier alpha value is -2.76. The van der Waals surface area contributed by atoms with Gasteiger partial charge in [-0.3, -0.25) is 0 Å². The van der Waals surface area contributed by atoms with Gasteiger partial charge >= 0.3 is 5.97 Å². The number of esters is 1. The zero-order chi connectivity index (χ0) is 15.9. The van der Waals surface area contributed by atoms with E-state index in [4.69, 9.17) is 9.57 Å². The van der Waals surface area contributed by atoms with Crippen molar-refractivity contribution in [1.82, 2.24) is 9.97 Å². The maximum atomic E-state index is 11.6. The van der Waals surface area contributed by atoms with Gasteiger partial charge in [-0.2, -0.15) is 0 Å². The summed E-state index contributed by atoms with van der Waals surface area (Å²) in [7, 11) is 2.70. The van der Waals surface area contributed by atoms with Crippen molar-refractivity contribution in [3.05, 3.63) is 47.8 Å². The smallest absolute Gasteiger partial charge is 0.356 e. The first kappa shape index (κ1) is 15.6. The van der Waals surface area contributed by atoms with Crippen molar-refractivity contribution in [2.75, 3.05) is 14.2 Å². The Kier molecular flexibility index (Phi) is 5.19. The molecule has 0 fully saturated rings. The van der Waals surface area contributed by atoms with Gasteiger partial charge in [0.15, 0.2) is 11.5 Å². The number of benzene rings is 1. The van der Waals surface area contributed by atoms with E-state index in [2.05, 4.69) is 15.1 Å². The Bertz CT molecular complexity index is 699. The molecule has 0 atom stereocenters. The Morgan fingerprint density at radius 3 is 2.77 bits per heavy atom. The highest BCUT2D eigenvalue weighted by atomic mass is 16.6. The van der Waals surface area contributed by atoms with Crippen LogP contribution in [0.1, 0.15) is 11.3 Å². The van der Waals surface area contributed by atoms with Crippen molar-refractivity contribution < 1.29 is 14.4 Å². The molecule has 1 aromatic heterocycles. The standard InChI is InChI=1S/C16H17N3O3/c1-11-7-8-17-15(18-11)13-6-4-5-12(9-13)10-14(19-22-3)16(20)21-2/h4-9H,10H2,1-3H3/b19-14-. The van der Waals surface area contributed by atoms with Gasteiger partial charge in [0.05, 0.1) is 7.11 Å². The fourth-order valence-corrected chi connectivity index (χ4v) is 1.97. The van der Waals surface area contributed by atoms with Gasteiger partial charge in [-0.15, -0.1) is 0 Å². The van der Waals surface area contributed by atoms with Gasteiger partial charge in [0.2, 0.25) is 0 Å². The quantitative estimate of drug-likeness (QED) is 0.480. The van der Waals surface area contributed by atoms with Gasteiger partial charge < -0.3 is 9.57 Å². The highest BCUT2D eigenvalue weighted by molar-refractivity contribution is 6.36. The third-order valence-corrected chi connectivity index (χ3v) is 2.97. The van der Waals surface area contributed by atoms with Crippen LogP contribution in [0.25, 0.3) is 11.4 Å². The molecule has 0 radical (unpaired) electrons. The molecule has 1 aromatic carbocycles. The van der Waals surface area contributed by atoms with E-state index in [1.54, 1.807) is 6.20 Å². The summed E-state index contributed by atoms with van der Waals surface area (Å²) in [5.41, 5.74) is 2.87. The predicted molar refractivity (Wildman–Crippen MR) is 82.4 cm³/mol. The summed E-state index contributed by atoms with van der Waals surface area (Å²) in [6.07, 6.45) is 2.02. The average Bonchev–Trinajstić information content (AvgIpc) is 2.54. The Morgan fingerprint density at radius 2 is 2.09 bits per heavy atom. The van der Waals surface area contributed by atoms with Crippen LogP contribution in [0.3, 0.4) is 0 Å². The van der Waals surface area contributed by atoms with E-state index < -0.39 is 5.97 Å². The van der Waals surface area contributed by atoms with Gasteiger partial charge in [0.25, 0.3) is 0 Å². The molecule has 0 amide bonds. The second kappa shape index (κ2) is 7.31. The normalized spacial score (nSPS) is 11.1. The Morgan fingerprint density at radius 1 is 1.27 bits per heavy atom. The molecule has 0 aliphatic carbocycles. The lowest BCUT2D eigenvalue weighted by Crippen LogP contribution is -2.18. The van der Waals surface area contributed by atoms with E-state index >= 15 is 0 Å². The van der Waals surface area contributed by atoms with Crippen molar-refractivity contribution in [2.45, 2.75) is 13.3 Å². The van der Waals surface area contributed by atoms with Gasteiger partial charge in [-0.05, 0) is 24.6 Å². The van der Waals surface area contributed by atoms with Crippen LogP contribution in [0.4, 0.5) is 0 Å². The number of rotatable bonds is 5. The topological polar surface area (TPSA) is 73.7 Å². The molecule has 2 rings (SSSR count). The third kappa shape index (κ3) is 3.88. The predicted octanol–water partition coefficient (Wildman–Crippen LogP) is 2.17. The summed E-state index contributed by atoms with van der Waals surface area (Å²) in [5, 5.41) is 3.72. The van der Waals surface area contributed by atoms with E-state index in [0.717, 1.165) is 16.8 Å². The number of carbonyl (C=O) groups excluding carboxylic acids is 1. The monoisotopic (exact) mass is 299 g/mol. The molecule has 0 bridgehead atoms. The number of aryl methyl sites for hydroxylation is 1. The fourth-order valence-electron chi connectivity index (χ4n) is 1.97. The molecule has 0 N–H and O–H groups in total. The van der Waals surface area contributed by atoms with Crippen LogP contribution in [0.5, 0.6) is 0 Å². The second-order valence-electron chi connectivity index (χ2n) is 4.61. The van der Waals surface area contributed by atoms with Crippen LogP contribution >= 0.6 is 0 Å². The summed E-state index contributed by atoms with van der Waals surface area (Å²) in [4.78, 5) is 25.0. The molecular weight excluding hydrogens is 282 g/mol. The molecule has 2 aromatic rings. The van der Waals surface area contributed by atoms with E-state index in [-0.39, 0.29) is 5.71 Å². The molecule has 6 heteroatoms. The van der Waals surface area contributed by atoms with Gasteiger partial charge in [0, 0.05) is 23.9 Å². The highest BCUT2D eigenvalue weighted by Crippen LogP contribution is 2.17. The van der Waals surface area contributed by atoms with Crippen molar-refractivity contribution in [3.8, 4) is 11.4 Å². The molecule has 114 valence electrons. The first-order chi connectivity index (χ1) is 10.6. The van der Waals surface area contributed by atoms with Crippen LogP contribution in [0.15, 0.2) is 41.7 Å². The van der Waals surface area contributed by atoms with Crippen LogP contribution in [-0.2, 0) is 20.8 Å². The van der Waals surface area contributed by atoms with Crippen molar-refractivity contribution >= 4 is 11.7 Å². The van der Waals surface area contributed by atoms with E-state index in [9.17, 15) is 4.79 Å². The molecule has 0 saturated carbocycles. The highest BCUT2D eigenvalue weighted by Gasteiger charge is 2.14. The molecular formula is C16H17N3O3. The van der Waals surface area contributed by atoms with Crippen LogP contribution in [0.2, 0.25) is 0 Å². The fraction of sp³-hybridized carbons (Fsp3) is 0.250. The lowest BCUT2D eigenvalue weighted by Gasteiger charge is -2.06.